The molecule has 0 spiro atoms. The number of nitrogens with zero attached hydrogens (tertiary/aromatic N) is 3. The van der Waals surface area contributed by atoms with Gasteiger partial charge in [0.2, 0.25) is 6.23 Å². The number of hydrogen-bond donors (Lipinski definition) is 0. The van der Waals surface area contributed by atoms with Crippen LogP contribution in [0.1, 0.15) is 161 Å². The second-order valence-corrected chi connectivity index (χ2v) is 13.8. The Hall–Kier alpha value is -0.740. The van der Waals surface area contributed by atoms with E-state index in [1.807, 2.05) is 0 Å². The van der Waals surface area contributed by atoms with Crippen LogP contribution in [0.3, 0.4) is 0 Å². The largest absolute Gasteiger partial charge is 1.00 e. The van der Waals surface area contributed by atoms with Crippen molar-refractivity contribution in [2.24, 2.45) is 5.92 Å². The van der Waals surface area contributed by atoms with Gasteiger partial charge in [0.15, 0.2) is 0 Å². The van der Waals surface area contributed by atoms with Gasteiger partial charge in [0.25, 0.3) is 5.88 Å². The van der Waals surface area contributed by atoms with Crippen molar-refractivity contribution in [3.63, 3.8) is 0 Å². The van der Waals surface area contributed by atoms with Crippen molar-refractivity contribution in [1.82, 2.24) is 8.75 Å². The Morgan fingerprint density at radius 2 is 1.47 bits per heavy atom. The van der Waals surface area contributed by atoms with Gasteiger partial charge in [0.05, 0.1) is 31.9 Å². The fraction of sp³-hybridized carbons (Fsp3) is 0.857. The molecule has 2 atom stereocenters. The molecule has 2 unspecified atom stereocenters. The van der Waals surface area contributed by atoms with Gasteiger partial charge in [0, 0.05) is 24.3 Å². The quantitative estimate of drug-likeness (QED) is 0.0502. The molecule has 3 rings (SSSR count). The molecule has 43 heavy (non-hydrogen) atoms. The predicted molar refractivity (Wildman–Crippen MR) is 176 cm³/mol. The van der Waals surface area contributed by atoms with Crippen LogP contribution in [0, 0.1) is 5.92 Å². The highest BCUT2D eigenvalue weighted by Crippen LogP contribution is 2.39. The number of hydrogen-bond acceptors (Lipinski definition) is 6. The molecule has 1 fully saturated rings. The number of quaternary nitrogens is 1. The first kappa shape index (κ1) is 38.4. The first-order chi connectivity index (χ1) is 20.6. The molecule has 8 heteroatoms. The molecule has 1 aliphatic heterocycles. The molecular weight excluding hydrogens is 669 g/mol. The molecule has 248 valence electrons. The molecule has 1 aliphatic carbocycles. The number of halogens is 1. The molecule has 6 nitrogen and oxygen atoms in total. The summed E-state index contributed by atoms with van der Waals surface area (Å²) < 4.78 is 22.3. The van der Waals surface area contributed by atoms with Crippen molar-refractivity contribution in [3.8, 4) is 5.88 Å². The van der Waals surface area contributed by atoms with E-state index >= 15 is 0 Å². The summed E-state index contributed by atoms with van der Waals surface area (Å²) in [5.41, 5.74) is 2.09. The van der Waals surface area contributed by atoms with Gasteiger partial charge >= 0.3 is 5.97 Å². The Morgan fingerprint density at radius 3 is 2.05 bits per heavy atom. The monoisotopic (exact) mass is 731 g/mol. The molecule has 1 saturated carbocycles. The van der Waals surface area contributed by atoms with Crippen LogP contribution in [-0.4, -0.2) is 52.2 Å². The second-order valence-electron chi connectivity index (χ2n) is 13.3. The Morgan fingerprint density at radius 1 is 0.884 bits per heavy atom. The summed E-state index contributed by atoms with van der Waals surface area (Å²) in [6, 6.07) is 0. The molecule has 0 bridgehead atoms. The van der Waals surface area contributed by atoms with E-state index in [2.05, 4.69) is 35.7 Å². The minimum absolute atomic E-state index is 0. The summed E-state index contributed by atoms with van der Waals surface area (Å²) in [6.07, 6.45) is 29.1. The van der Waals surface area contributed by atoms with Gasteiger partial charge in [-0.3, -0.25) is 9.28 Å². The van der Waals surface area contributed by atoms with E-state index in [4.69, 9.17) is 9.47 Å². The van der Waals surface area contributed by atoms with E-state index in [0.29, 0.717) is 24.8 Å². The fourth-order valence-electron chi connectivity index (χ4n) is 6.56. The van der Waals surface area contributed by atoms with Crippen molar-refractivity contribution >= 4 is 23.3 Å². The summed E-state index contributed by atoms with van der Waals surface area (Å²) in [4.78, 5) is 13.1. The van der Waals surface area contributed by atoms with Crippen LogP contribution >= 0.6 is 11.7 Å². The molecule has 0 N–H and O–H groups in total. The molecule has 1 aromatic heterocycles. The van der Waals surface area contributed by atoms with Gasteiger partial charge in [-0.1, -0.05) is 123 Å². The number of likely N-dealkylation sites (N-methyl/N-ethyl adjacent to an activating group) is 1. The number of unbranched alkanes of at least 4 members (excludes halogenated alkanes) is 15. The first-order valence-electron chi connectivity index (χ1n) is 17.8. The highest BCUT2D eigenvalue weighted by molar-refractivity contribution is 6.99. The van der Waals surface area contributed by atoms with Crippen molar-refractivity contribution in [2.45, 2.75) is 161 Å². The molecule has 1 aromatic rings. The number of ether oxygens (including phenoxy) is 2. The third-order valence-corrected chi connectivity index (χ3v) is 9.98. The maximum absolute atomic E-state index is 13.1. The average Bonchev–Trinajstić information content (AvgIpc) is 3.43. The number of carbonyl (C=O) groups excluding carboxylic acids is 1. The van der Waals surface area contributed by atoms with Crippen LogP contribution in [0.25, 0.3) is 5.57 Å². The Labute approximate surface area is 285 Å². The molecule has 0 radical (unpaired) electrons. The van der Waals surface area contributed by atoms with E-state index in [1.165, 1.54) is 114 Å². The van der Waals surface area contributed by atoms with E-state index in [-0.39, 0.29) is 36.2 Å². The number of rotatable bonds is 24. The zero-order chi connectivity index (χ0) is 29.9. The number of carbonyl (C=O) groups is 1. The SMILES string of the molecule is CCCCCCCCCCCCCCCC(=O)OC(C1CCC1)[N+]1(C)CCC=C(c2nsnc2OCCCCCC)C1.[I-]. The average molecular weight is 732 g/mol. The van der Waals surface area contributed by atoms with Gasteiger partial charge in [-0.2, -0.15) is 4.37 Å². The highest BCUT2D eigenvalue weighted by atomic mass is 127. The standard InChI is InChI=1S/C35H62N3O3S.HI/c1-4-6-8-10-11-12-13-14-15-16-17-18-19-26-32(39)41-35(30-23-21-24-30)38(3)27-22-25-31(29-38)33-34(37-42-36-33)40-28-20-9-7-5-2;/h25,30,35H,4-24,26-29H2,1-3H3;1H/q+1;/p-1. The Balaban J connectivity index is 0.00000645. The molecular formula is C35H62IN3O3S. The zero-order valence-electron chi connectivity index (χ0n) is 27.8. The highest BCUT2D eigenvalue weighted by Gasteiger charge is 2.46. The topological polar surface area (TPSA) is 61.3 Å². The lowest BCUT2D eigenvalue weighted by Crippen LogP contribution is -3.00. The molecule has 2 heterocycles. The van der Waals surface area contributed by atoms with E-state index in [0.717, 1.165) is 61.8 Å². The summed E-state index contributed by atoms with van der Waals surface area (Å²) in [6.45, 7) is 7.00. The van der Waals surface area contributed by atoms with Crippen molar-refractivity contribution in [1.29, 1.82) is 0 Å². The summed E-state index contributed by atoms with van der Waals surface area (Å²) in [7, 11) is 2.28. The smallest absolute Gasteiger partial charge is 0.310 e. The Kier molecular flexibility index (Phi) is 20.3. The third kappa shape index (κ3) is 14.1. The van der Waals surface area contributed by atoms with Crippen molar-refractivity contribution in [2.75, 3.05) is 26.7 Å². The lowest BCUT2D eigenvalue weighted by Gasteiger charge is -2.47. The van der Waals surface area contributed by atoms with Crippen molar-refractivity contribution < 1.29 is 42.7 Å². The van der Waals surface area contributed by atoms with Crippen molar-refractivity contribution in [3.05, 3.63) is 11.8 Å². The minimum atomic E-state index is -0.0677. The van der Waals surface area contributed by atoms with Gasteiger partial charge in [0.1, 0.15) is 12.2 Å². The van der Waals surface area contributed by atoms with Crippen LogP contribution < -0.4 is 28.7 Å². The van der Waals surface area contributed by atoms with E-state index < -0.39 is 0 Å². The molecule has 0 amide bonds. The van der Waals surface area contributed by atoms with E-state index in [1.54, 1.807) is 0 Å². The minimum Gasteiger partial charge on any atom is -1.00 e. The lowest BCUT2D eigenvalue weighted by atomic mass is 9.82. The van der Waals surface area contributed by atoms with Gasteiger partial charge in [-0.05, 0) is 25.7 Å². The van der Waals surface area contributed by atoms with Gasteiger partial charge in [-0.25, -0.2) is 0 Å². The van der Waals surface area contributed by atoms with E-state index in [9.17, 15) is 4.79 Å². The third-order valence-electron chi connectivity index (χ3n) is 9.47. The molecule has 0 saturated heterocycles. The van der Waals surface area contributed by atoms with Crippen LogP contribution in [0.5, 0.6) is 5.88 Å². The first-order valence-corrected chi connectivity index (χ1v) is 18.5. The summed E-state index contributed by atoms with van der Waals surface area (Å²) in [5, 5.41) is 0. The van der Waals surface area contributed by atoms with Crippen LogP contribution in [-0.2, 0) is 9.53 Å². The predicted octanol–water partition coefficient (Wildman–Crippen LogP) is 6.89. The van der Waals surface area contributed by atoms with Crippen LogP contribution in [0.4, 0.5) is 0 Å². The molecule has 0 aromatic carbocycles. The zero-order valence-corrected chi connectivity index (χ0v) is 30.7. The summed E-state index contributed by atoms with van der Waals surface area (Å²) >= 11 is 1.23. The normalized spacial score (nSPS) is 19.3. The van der Waals surface area contributed by atoms with Gasteiger partial charge < -0.3 is 33.5 Å². The van der Waals surface area contributed by atoms with Crippen LogP contribution in [0.15, 0.2) is 6.08 Å². The number of aromatic nitrogens is 2. The number of esters is 1. The molecule has 2 aliphatic rings. The second kappa shape index (κ2) is 22.7. The Bertz CT molecular complexity index is 907. The lowest BCUT2D eigenvalue weighted by molar-refractivity contribution is -0.951. The maximum Gasteiger partial charge on any atom is 0.310 e. The van der Waals surface area contributed by atoms with Crippen LogP contribution in [0.2, 0.25) is 0 Å². The van der Waals surface area contributed by atoms with Gasteiger partial charge in [-0.15, -0.1) is 4.37 Å². The maximum atomic E-state index is 13.1. The summed E-state index contributed by atoms with van der Waals surface area (Å²) in [5.74, 6) is 1.14. The fourth-order valence-corrected chi connectivity index (χ4v) is 7.09.